The number of alkyl halides is 1. The van der Waals surface area contributed by atoms with Crippen LogP contribution in [0.3, 0.4) is 0 Å². The summed E-state index contributed by atoms with van der Waals surface area (Å²) in [6.45, 7) is 4.47. The summed E-state index contributed by atoms with van der Waals surface area (Å²) in [6, 6.07) is 0. The molecule has 0 fully saturated rings. The van der Waals surface area contributed by atoms with Gasteiger partial charge in [0.2, 0.25) is 0 Å². The van der Waals surface area contributed by atoms with Crippen LogP contribution < -0.4 is 5.32 Å². The van der Waals surface area contributed by atoms with E-state index in [2.05, 4.69) is 27.9 Å². The highest BCUT2D eigenvalue weighted by Crippen LogP contribution is 2.01. The molecular weight excluding hydrogens is 317 g/mol. The molecule has 1 N–H and O–H groups in total. The van der Waals surface area contributed by atoms with E-state index in [0.717, 1.165) is 26.1 Å². The zero-order valence-electron chi connectivity index (χ0n) is 10.5. The Morgan fingerprint density at radius 2 is 1.62 bits per heavy atom. The van der Waals surface area contributed by atoms with Crippen LogP contribution in [0.4, 0.5) is 0 Å². The number of halogens is 1. The van der Waals surface area contributed by atoms with Crippen LogP contribution in [0.15, 0.2) is 0 Å². The van der Waals surface area contributed by atoms with E-state index in [1.165, 1.54) is 30.1 Å². The normalized spacial score (nSPS) is 10.9. The molecule has 0 spiro atoms. The molecule has 0 saturated carbocycles. The van der Waals surface area contributed by atoms with Crippen LogP contribution >= 0.6 is 22.6 Å². The van der Waals surface area contributed by atoms with E-state index in [1.807, 2.05) is 0 Å². The zero-order valence-corrected chi connectivity index (χ0v) is 12.6. The highest BCUT2D eigenvalue weighted by atomic mass is 127. The Balaban J connectivity index is 2.83. The summed E-state index contributed by atoms with van der Waals surface area (Å²) in [5.74, 6) is 0. The van der Waals surface area contributed by atoms with Gasteiger partial charge in [-0.15, -0.1) is 0 Å². The molecule has 0 unspecified atom stereocenters. The van der Waals surface area contributed by atoms with E-state index in [0.29, 0.717) is 13.2 Å². The highest BCUT2D eigenvalue weighted by molar-refractivity contribution is 14.1. The Labute approximate surface area is 114 Å². The lowest BCUT2D eigenvalue weighted by Crippen LogP contribution is -2.18. The molecule has 0 aliphatic heterocycles. The third-order valence-electron chi connectivity index (χ3n) is 2.31. The maximum Gasteiger partial charge on any atom is 0.0700 e. The third-order valence-corrected chi connectivity index (χ3v) is 3.07. The molecule has 0 aromatic rings. The second-order valence-corrected chi connectivity index (χ2v) is 4.89. The number of methoxy groups -OCH3 is 1. The number of ether oxygens (including phenoxy) is 2. The molecule has 0 saturated heterocycles. The van der Waals surface area contributed by atoms with Crippen LogP contribution in [0.5, 0.6) is 0 Å². The van der Waals surface area contributed by atoms with E-state index in [9.17, 15) is 0 Å². The number of nitrogens with one attached hydrogen (secondary N) is 1. The van der Waals surface area contributed by atoms with Crippen molar-refractivity contribution >= 4 is 22.6 Å². The molecule has 0 rings (SSSR count). The largest absolute Gasteiger partial charge is 0.382 e. The minimum Gasteiger partial charge on any atom is -0.382 e. The second kappa shape index (κ2) is 15.6. The molecule has 0 bridgehead atoms. The van der Waals surface area contributed by atoms with Crippen molar-refractivity contribution in [3.63, 3.8) is 0 Å². The maximum atomic E-state index is 5.37. The van der Waals surface area contributed by atoms with Gasteiger partial charge >= 0.3 is 0 Å². The molecule has 0 atom stereocenters. The summed E-state index contributed by atoms with van der Waals surface area (Å²) in [5.41, 5.74) is 0. The van der Waals surface area contributed by atoms with Gasteiger partial charge < -0.3 is 14.8 Å². The lowest BCUT2D eigenvalue weighted by molar-refractivity contribution is 0.0695. The first-order chi connectivity index (χ1) is 7.91. The summed E-state index contributed by atoms with van der Waals surface area (Å²) in [7, 11) is 1.70. The predicted octanol–water partition coefficient (Wildman–Crippen LogP) is 2.62. The van der Waals surface area contributed by atoms with Gasteiger partial charge in [0.05, 0.1) is 13.2 Å². The SMILES string of the molecule is COCCOCCCNCCCCCCI. The quantitative estimate of drug-likeness (QED) is 0.317. The molecule has 0 aromatic carbocycles. The van der Waals surface area contributed by atoms with Crippen LogP contribution in [-0.4, -0.2) is 44.4 Å². The average Bonchev–Trinajstić information content (AvgIpc) is 2.31. The van der Waals surface area contributed by atoms with E-state index >= 15 is 0 Å². The molecule has 0 heterocycles. The van der Waals surface area contributed by atoms with Gasteiger partial charge in [-0.05, 0) is 36.8 Å². The zero-order chi connectivity index (χ0) is 11.9. The molecule has 0 amide bonds. The summed E-state index contributed by atoms with van der Waals surface area (Å²) in [6.07, 6.45) is 6.51. The fourth-order valence-corrected chi connectivity index (χ4v) is 1.91. The average molecular weight is 343 g/mol. The fraction of sp³-hybridized carbons (Fsp3) is 1.00. The molecule has 0 aliphatic rings. The molecule has 3 nitrogen and oxygen atoms in total. The lowest BCUT2D eigenvalue weighted by atomic mass is 10.2. The predicted molar refractivity (Wildman–Crippen MR) is 77.5 cm³/mol. The first-order valence-electron chi connectivity index (χ1n) is 6.25. The van der Waals surface area contributed by atoms with E-state index < -0.39 is 0 Å². The molecule has 0 aromatic heterocycles. The first kappa shape index (κ1) is 16.6. The number of rotatable bonds is 13. The molecule has 4 heteroatoms. The highest BCUT2D eigenvalue weighted by Gasteiger charge is 1.91. The van der Waals surface area contributed by atoms with Gasteiger partial charge in [0.15, 0.2) is 0 Å². The summed E-state index contributed by atoms with van der Waals surface area (Å²) >= 11 is 2.44. The van der Waals surface area contributed by atoms with Crippen LogP contribution in [0.25, 0.3) is 0 Å². The summed E-state index contributed by atoms with van der Waals surface area (Å²) in [4.78, 5) is 0. The first-order valence-corrected chi connectivity index (χ1v) is 7.77. The maximum absolute atomic E-state index is 5.37. The van der Waals surface area contributed by atoms with Crippen molar-refractivity contribution in [3.8, 4) is 0 Å². The van der Waals surface area contributed by atoms with Crippen LogP contribution in [0.1, 0.15) is 32.1 Å². The molecular formula is C12H26INO2. The number of hydrogen-bond donors (Lipinski definition) is 1. The van der Waals surface area contributed by atoms with Gasteiger partial charge in [-0.1, -0.05) is 35.4 Å². The minimum atomic E-state index is 0.699. The smallest absolute Gasteiger partial charge is 0.0700 e. The van der Waals surface area contributed by atoms with Crippen molar-refractivity contribution in [2.24, 2.45) is 0 Å². The van der Waals surface area contributed by atoms with Crippen molar-refractivity contribution in [2.75, 3.05) is 44.4 Å². The Bertz CT molecular complexity index is 112. The Morgan fingerprint density at radius 3 is 2.38 bits per heavy atom. The van der Waals surface area contributed by atoms with E-state index in [1.54, 1.807) is 7.11 Å². The molecule has 98 valence electrons. The Morgan fingerprint density at radius 1 is 0.875 bits per heavy atom. The van der Waals surface area contributed by atoms with E-state index in [-0.39, 0.29) is 0 Å². The van der Waals surface area contributed by atoms with Crippen molar-refractivity contribution in [1.29, 1.82) is 0 Å². The van der Waals surface area contributed by atoms with Crippen molar-refractivity contribution in [3.05, 3.63) is 0 Å². The van der Waals surface area contributed by atoms with Crippen LogP contribution in [0.2, 0.25) is 0 Å². The van der Waals surface area contributed by atoms with Crippen molar-refractivity contribution < 1.29 is 9.47 Å². The summed E-state index contributed by atoms with van der Waals surface area (Å²) in [5, 5.41) is 3.44. The lowest BCUT2D eigenvalue weighted by Gasteiger charge is -2.05. The van der Waals surface area contributed by atoms with Crippen LogP contribution in [0, 0.1) is 0 Å². The molecule has 0 aliphatic carbocycles. The van der Waals surface area contributed by atoms with Gasteiger partial charge in [0.25, 0.3) is 0 Å². The molecule has 16 heavy (non-hydrogen) atoms. The van der Waals surface area contributed by atoms with Crippen LogP contribution in [-0.2, 0) is 9.47 Å². The monoisotopic (exact) mass is 343 g/mol. The third kappa shape index (κ3) is 14.6. The van der Waals surface area contributed by atoms with Crippen molar-refractivity contribution in [1.82, 2.24) is 5.32 Å². The second-order valence-electron chi connectivity index (χ2n) is 3.81. The fourth-order valence-electron chi connectivity index (χ4n) is 1.37. The van der Waals surface area contributed by atoms with Gasteiger partial charge in [0.1, 0.15) is 0 Å². The van der Waals surface area contributed by atoms with Crippen molar-refractivity contribution in [2.45, 2.75) is 32.1 Å². The topological polar surface area (TPSA) is 30.5 Å². The standard InChI is InChI=1S/C12H26INO2/c1-15-11-12-16-10-6-9-14-8-5-3-2-4-7-13/h14H,2-12H2,1H3. The van der Waals surface area contributed by atoms with Gasteiger partial charge in [0, 0.05) is 13.7 Å². The summed E-state index contributed by atoms with van der Waals surface area (Å²) < 4.78 is 11.6. The van der Waals surface area contributed by atoms with Gasteiger partial charge in [-0.25, -0.2) is 0 Å². The Kier molecular flexibility index (Phi) is 16.2. The number of unbranched alkanes of at least 4 members (excludes halogenated alkanes) is 3. The Hall–Kier alpha value is 0.610. The van der Waals surface area contributed by atoms with Gasteiger partial charge in [-0.2, -0.15) is 0 Å². The van der Waals surface area contributed by atoms with Gasteiger partial charge in [-0.3, -0.25) is 0 Å². The number of hydrogen-bond acceptors (Lipinski definition) is 3. The molecule has 0 radical (unpaired) electrons. The van der Waals surface area contributed by atoms with E-state index in [4.69, 9.17) is 9.47 Å². The minimum absolute atomic E-state index is 0.699.